The molecule has 0 aromatic carbocycles. The summed E-state index contributed by atoms with van der Waals surface area (Å²) in [7, 11) is 0. The standard InChI is InChI=1S/C14H21N3/c15-8-10-5-6-13-12(7-10)9-16-14(17-13)11-3-1-2-4-11/h9-11H,1-8,15H2. The van der Waals surface area contributed by atoms with Gasteiger partial charge in [0.2, 0.25) is 0 Å². The fourth-order valence-electron chi connectivity index (χ4n) is 3.18. The summed E-state index contributed by atoms with van der Waals surface area (Å²) >= 11 is 0. The summed E-state index contributed by atoms with van der Waals surface area (Å²) in [6.07, 6.45) is 10.7. The van der Waals surface area contributed by atoms with Crippen molar-refractivity contribution in [2.24, 2.45) is 11.7 Å². The predicted octanol–water partition coefficient (Wildman–Crippen LogP) is 2.20. The van der Waals surface area contributed by atoms with Crippen LogP contribution in [0.25, 0.3) is 0 Å². The van der Waals surface area contributed by atoms with Crippen LogP contribution in [0, 0.1) is 5.92 Å². The van der Waals surface area contributed by atoms with Gasteiger partial charge in [-0.3, -0.25) is 0 Å². The summed E-state index contributed by atoms with van der Waals surface area (Å²) in [4.78, 5) is 9.40. The number of nitrogens with two attached hydrogens (primary N) is 1. The monoisotopic (exact) mass is 231 g/mol. The second kappa shape index (κ2) is 4.73. The van der Waals surface area contributed by atoms with E-state index in [0.29, 0.717) is 11.8 Å². The lowest BCUT2D eigenvalue weighted by atomic mass is 9.87. The van der Waals surface area contributed by atoms with E-state index in [1.54, 1.807) is 0 Å². The minimum atomic E-state index is 0.632. The molecular formula is C14H21N3. The number of hydrogen-bond donors (Lipinski definition) is 1. The lowest BCUT2D eigenvalue weighted by Gasteiger charge is -2.23. The first-order chi connectivity index (χ1) is 8.36. The van der Waals surface area contributed by atoms with Crippen LogP contribution < -0.4 is 5.73 Å². The van der Waals surface area contributed by atoms with Crippen molar-refractivity contribution in [3.05, 3.63) is 23.3 Å². The van der Waals surface area contributed by atoms with Crippen LogP contribution in [0.15, 0.2) is 6.20 Å². The first kappa shape index (κ1) is 11.1. The van der Waals surface area contributed by atoms with Gasteiger partial charge >= 0.3 is 0 Å². The van der Waals surface area contributed by atoms with E-state index in [-0.39, 0.29) is 0 Å². The van der Waals surface area contributed by atoms with Crippen LogP contribution in [-0.2, 0) is 12.8 Å². The highest BCUT2D eigenvalue weighted by molar-refractivity contribution is 5.22. The van der Waals surface area contributed by atoms with Gasteiger partial charge in [-0.15, -0.1) is 0 Å². The van der Waals surface area contributed by atoms with E-state index >= 15 is 0 Å². The summed E-state index contributed by atoms with van der Waals surface area (Å²) in [5, 5.41) is 0. The van der Waals surface area contributed by atoms with E-state index in [1.807, 2.05) is 0 Å². The second-order valence-corrected chi connectivity index (χ2v) is 5.53. The second-order valence-electron chi connectivity index (χ2n) is 5.53. The molecule has 3 nitrogen and oxygen atoms in total. The van der Waals surface area contributed by atoms with Crippen LogP contribution in [0.5, 0.6) is 0 Å². The Kier molecular flexibility index (Phi) is 3.10. The van der Waals surface area contributed by atoms with Crippen LogP contribution >= 0.6 is 0 Å². The molecule has 0 amide bonds. The Morgan fingerprint density at radius 2 is 2.06 bits per heavy atom. The number of fused-ring (bicyclic) bond motifs is 1. The molecule has 2 N–H and O–H groups in total. The van der Waals surface area contributed by atoms with E-state index in [4.69, 9.17) is 10.7 Å². The molecule has 2 aliphatic rings. The molecular weight excluding hydrogens is 210 g/mol. The van der Waals surface area contributed by atoms with Crippen molar-refractivity contribution < 1.29 is 0 Å². The van der Waals surface area contributed by atoms with Gasteiger partial charge in [0.1, 0.15) is 5.82 Å². The molecule has 17 heavy (non-hydrogen) atoms. The van der Waals surface area contributed by atoms with E-state index in [2.05, 4.69) is 11.2 Å². The fraction of sp³-hybridized carbons (Fsp3) is 0.714. The first-order valence-electron chi connectivity index (χ1n) is 6.91. The topological polar surface area (TPSA) is 51.8 Å². The van der Waals surface area contributed by atoms with Crippen LogP contribution in [0.1, 0.15) is 55.1 Å². The summed E-state index contributed by atoms with van der Waals surface area (Å²) < 4.78 is 0. The van der Waals surface area contributed by atoms with Gasteiger partial charge in [-0.2, -0.15) is 0 Å². The van der Waals surface area contributed by atoms with Gasteiger partial charge in [0, 0.05) is 17.8 Å². The molecule has 0 saturated heterocycles. The zero-order chi connectivity index (χ0) is 11.7. The van der Waals surface area contributed by atoms with Crippen molar-refractivity contribution in [3.63, 3.8) is 0 Å². The Balaban J connectivity index is 1.82. The zero-order valence-corrected chi connectivity index (χ0v) is 10.4. The third-order valence-corrected chi connectivity index (χ3v) is 4.32. The summed E-state index contributed by atoms with van der Waals surface area (Å²) in [6.45, 7) is 0.795. The van der Waals surface area contributed by atoms with Crippen molar-refractivity contribution in [1.29, 1.82) is 0 Å². The van der Waals surface area contributed by atoms with Crippen molar-refractivity contribution in [2.45, 2.75) is 50.9 Å². The highest BCUT2D eigenvalue weighted by atomic mass is 14.9. The molecule has 1 fully saturated rings. The number of nitrogens with zero attached hydrogens (tertiary/aromatic N) is 2. The minimum absolute atomic E-state index is 0.632. The molecule has 0 radical (unpaired) electrons. The molecule has 1 heterocycles. The molecule has 3 rings (SSSR count). The zero-order valence-electron chi connectivity index (χ0n) is 10.4. The van der Waals surface area contributed by atoms with Crippen molar-refractivity contribution in [1.82, 2.24) is 9.97 Å². The van der Waals surface area contributed by atoms with Crippen molar-refractivity contribution >= 4 is 0 Å². The molecule has 0 bridgehead atoms. The maximum Gasteiger partial charge on any atom is 0.131 e. The van der Waals surface area contributed by atoms with Crippen LogP contribution in [0.3, 0.4) is 0 Å². The molecule has 1 atom stereocenters. The van der Waals surface area contributed by atoms with Gasteiger partial charge in [0.05, 0.1) is 0 Å². The molecule has 1 aromatic heterocycles. The highest BCUT2D eigenvalue weighted by Gasteiger charge is 2.23. The number of rotatable bonds is 2. The average molecular weight is 231 g/mol. The number of aromatic nitrogens is 2. The summed E-state index contributed by atoms with van der Waals surface area (Å²) in [5.41, 5.74) is 8.39. The molecule has 92 valence electrons. The molecule has 2 aliphatic carbocycles. The van der Waals surface area contributed by atoms with Gasteiger partial charge < -0.3 is 5.73 Å². The minimum Gasteiger partial charge on any atom is -0.330 e. The van der Waals surface area contributed by atoms with Gasteiger partial charge in [0.25, 0.3) is 0 Å². The summed E-state index contributed by atoms with van der Waals surface area (Å²) in [6, 6.07) is 0. The van der Waals surface area contributed by atoms with Crippen LogP contribution in [-0.4, -0.2) is 16.5 Å². The quantitative estimate of drug-likeness (QED) is 0.849. The SMILES string of the molecule is NCC1CCc2nc(C3CCCC3)ncc2C1. The molecule has 0 spiro atoms. The molecule has 1 aromatic rings. The summed E-state index contributed by atoms with van der Waals surface area (Å²) in [5.74, 6) is 2.38. The maximum atomic E-state index is 5.75. The molecule has 0 aliphatic heterocycles. The van der Waals surface area contributed by atoms with Crippen LogP contribution in [0.4, 0.5) is 0 Å². The Hall–Kier alpha value is -0.960. The van der Waals surface area contributed by atoms with E-state index in [1.165, 1.54) is 43.4 Å². The predicted molar refractivity (Wildman–Crippen MR) is 67.8 cm³/mol. The lowest BCUT2D eigenvalue weighted by molar-refractivity contribution is 0.458. The van der Waals surface area contributed by atoms with Crippen LogP contribution in [0.2, 0.25) is 0 Å². The first-order valence-corrected chi connectivity index (χ1v) is 6.91. The normalized spacial score (nSPS) is 24.9. The largest absolute Gasteiger partial charge is 0.330 e. The molecule has 1 saturated carbocycles. The van der Waals surface area contributed by atoms with E-state index in [0.717, 1.165) is 25.2 Å². The van der Waals surface area contributed by atoms with E-state index in [9.17, 15) is 0 Å². The van der Waals surface area contributed by atoms with Gasteiger partial charge in [-0.25, -0.2) is 9.97 Å². The fourth-order valence-corrected chi connectivity index (χ4v) is 3.18. The maximum absolute atomic E-state index is 5.75. The average Bonchev–Trinajstić information content (AvgIpc) is 2.91. The van der Waals surface area contributed by atoms with Gasteiger partial charge in [-0.05, 0) is 50.1 Å². The Bertz CT molecular complexity index is 396. The molecule has 1 unspecified atom stereocenters. The van der Waals surface area contributed by atoms with Gasteiger partial charge in [-0.1, -0.05) is 12.8 Å². The third-order valence-electron chi connectivity index (χ3n) is 4.32. The smallest absolute Gasteiger partial charge is 0.131 e. The Labute approximate surface area is 103 Å². The van der Waals surface area contributed by atoms with E-state index < -0.39 is 0 Å². The third kappa shape index (κ3) is 2.21. The molecule has 3 heteroatoms. The van der Waals surface area contributed by atoms with Crippen molar-refractivity contribution in [3.8, 4) is 0 Å². The van der Waals surface area contributed by atoms with Gasteiger partial charge in [0.15, 0.2) is 0 Å². The highest BCUT2D eigenvalue weighted by Crippen LogP contribution is 2.33. The van der Waals surface area contributed by atoms with Crippen molar-refractivity contribution in [2.75, 3.05) is 6.54 Å². The Morgan fingerprint density at radius 1 is 1.24 bits per heavy atom. The Morgan fingerprint density at radius 3 is 2.82 bits per heavy atom. The number of hydrogen-bond acceptors (Lipinski definition) is 3. The number of aryl methyl sites for hydroxylation is 1. The lowest BCUT2D eigenvalue weighted by Crippen LogP contribution is -2.23.